The van der Waals surface area contributed by atoms with Crippen LogP contribution in [-0.2, 0) is 29.0 Å². The summed E-state index contributed by atoms with van der Waals surface area (Å²) in [5, 5.41) is 16.1. The Morgan fingerprint density at radius 3 is 2.57 bits per heavy atom. The van der Waals surface area contributed by atoms with Crippen LogP contribution in [0.4, 0.5) is 0 Å². The van der Waals surface area contributed by atoms with Crippen molar-refractivity contribution in [2.75, 3.05) is 32.8 Å². The third kappa shape index (κ3) is 6.11. The highest BCUT2D eigenvalue weighted by atomic mass is 79.9. The second-order valence-electron chi connectivity index (χ2n) is 11.5. The number of hydrogen-bond donors (Lipinski definition) is 1. The van der Waals surface area contributed by atoms with Gasteiger partial charge in [0.15, 0.2) is 5.58 Å². The Kier molecular flexibility index (Phi) is 8.75. The number of β-amino-alcohol motifs (C(OH)–C–C–N with tert-alkyl or cyclic N) is 1. The van der Waals surface area contributed by atoms with Gasteiger partial charge in [0.05, 0.1) is 36.0 Å². The van der Waals surface area contributed by atoms with E-state index in [9.17, 15) is 19.5 Å². The SMILES string of the molecule is CCOC(=O)c1ccc2c(c1)oc(=O)n2C1CCN(CC(O)Cn2nc(-c3ccc(Br)cc3)c3c2CCN(C(C)=O)C3)CC1. The van der Waals surface area contributed by atoms with E-state index >= 15 is 0 Å². The number of nitrogens with zero attached hydrogens (tertiary/aromatic N) is 5. The van der Waals surface area contributed by atoms with Crippen molar-refractivity contribution in [1.29, 1.82) is 0 Å². The molecule has 12 heteroatoms. The van der Waals surface area contributed by atoms with Crippen LogP contribution < -0.4 is 5.76 Å². The molecule has 44 heavy (non-hydrogen) atoms. The molecule has 6 rings (SSSR count). The van der Waals surface area contributed by atoms with Gasteiger partial charge < -0.3 is 24.1 Å². The fourth-order valence-electron chi connectivity index (χ4n) is 6.39. The molecule has 1 unspecified atom stereocenters. The predicted octanol–water partition coefficient (Wildman–Crippen LogP) is 4.00. The summed E-state index contributed by atoms with van der Waals surface area (Å²) >= 11 is 3.49. The second kappa shape index (κ2) is 12.7. The van der Waals surface area contributed by atoms with Gasteiger partial charge in [0.2, 0.25) is 5.91 Å². The highest BCUT2D eigenvalue weighted by Crippen LogP contribution is 2.32. The van der Waals surface area contributed by atoms with Crippen molar-refractivity contribution in [2.45, 2.75) is 58.3 Å². The molecule has 2 aliphatic rings. The predicted molar refractivity (Wildman–Crippen MR) is 167 cm³/mol. The van der Waals surface area contributed by atoms with Gasteiger partial charge in [-0.1, -0.05) is 28.1 Å². The number of rotatable bonds is 8. The van der Waals surface area contributed by atoms with Gasteiger partial charge in [-0.05, 0) is 50.1 Å². The summed E-state index contributed by atoms with van der Waals surface area (Å²) in [6.45, 7) is 7.02. The number of aliphatic hydroxyl groups excluding tert-OH is 1. The van der Waals surface area contributed by atoms with E-state index in [4.69, 9.17) is 14.3 Å². The number of fused-ring (bicyclic) bond motifs is 2. The number of aromatic nitrogens is 3. The Labute approximate surface area is 263 Å². The molecule has 1 N–H and O–H groups in total. The molecule has 0 saturated carbocycles. The molecule has 1 saturated heterocycles. The maximum atomic E-state index is 12.8. The smallest absolute Gasteiger partial charge is 0.420 e. The summed E-state index contributed by atoms with van der Waals surface area (Å²) in [4.78, 5) is 41.1. The quantitative estimate of drug-likeness (QED) is 0.280. The molecule has 1 fully saturated rings. The third-order valence-corrected chi connectivity index (χ3v) is 9.12. The van der Waals surface area contributed by atoms with E-state index in [0.29, 0.717) is 49.3 Å². The lowest BCUT2D eigenvalue weighted by molar-refractivity contribution is -0.129. The number of halogens is 1. The zero-order valence-electron chi connectivity index (χ0n) is 24.9. The van der Waals surface area contributed by atoms with Crippen molar-refractivity contribution in [2.24, 2.45) is 0 Å². The summed E-state index contributed by atoms with van der Waals surface area (Å²) in [5.74, 6) is -0.844. The molecule has 0 spiro atoms. The van der Waals surface area contributed by atoms with Gasteiger partial charge in [-0.2, -0.15) is 5.10 Å². The number of oxazole rings is 1. The topological polar surface area (TPSA) is 123 Å². The van der Waals surface area contributed by atoms with Crippen LogP contribution in [0.3, 0.4) is 0 Å². The largest absolute Gasteiger partial charge is 0.462 e. The van der Waals surface area contributed by atoms with Gasteiger partial charge >= 0.3 is 11.7 Å². The summed E-state index contributed by atoms with van der Waals surface area (Å²) in [7, 11) is 0. The van der Waals surface area contributed by atoms with Gasteiger partial charge in [-0.25, -0.2) is 9.59 Å². The van der Waals surface area contributed by atoms with Crippen LogP contribution in [0.5, 0.6) is 0 Å². The Bertz CT molecular complexity index is 1730. The van der Waals surface area contributed by atoms with Crippen LogP contribution in [0.1, 0.15) is 54.3 Å². The maximum absolute atomic E-state index is 12.8. The lowest BCUT2D eigenvalue weighted by Gasteiger charge is -2.33. The molecule has 0 radical (unpaired) electrons. The van der Waals surface area contributed by atoms with Crippen molar-refractivity contribution >= 4 is 38.9 Å². The summed E-state index contributed by atoms with van der Waals surface area (Å²) in [6, 6.07) is 12.9. The number of carbonyl (C=O) groups excluding carboxylic acids is 2. The van der Waals surface area contributed by atoms with Crippen LogP contribution in [0.15, 0.2) is 56.1 Å². The van der Waals surface area contributed by atoms with E-state index < -0.39 is 17.8 Å². The van der Waals surface area contributed by atoms with Crippen molar-refractivity contribution < 1.29 is 23.8 Å². The van der Waals surface area contributed by atoms with Crippen LogP contribution in [0.2, 0.25) is 0 Å². The average Bonchev–Trinajstić information content (AvgIpc) is 3.53. The number of amides is 1. The maximum Gasteiger partial charge on any atom is 0.420 e. The average molecular weight is 667 g/mol. The first-order valence-corrected chi connectivity index (χ1v) is 15.8. The summed E-state index contributed by atoms with van der Waals surface area (Å²) < 4.78 is 15.1. The molecule has 4 heterocycles. The van der Waals surface area contributed by atoms with E-state index in [0.717, 1.165) is 52.9 Å². The normalized spacial score (nSPS) is 16.7. The number of benzene rings is 2. The first kappa shape index (κ1) is 30.3. The lowest BCUT2D eigenvalue weighted by atomic mass is 10.0. The molecule has 11 nitrogen and oxygen atoms in total. The van der Waals surface area contributed by atoms with Gasteiger partial charge in [-0.15, -0.1) is 0 Å². The Morgan fingerprint density at radius 1 is 1.11 bits per heavy atom. The zero-order valence-corrected chi connectivity index (χ0v) is 26.5. The van der Waals surface area contributed by atoms with Crippen molar-refractivity contribution in [3.8, 4) is 11.3 Å². The monoisotopic (exact) mass is 665 g/mol. The summed E-state index contributed by atoms with van der Waals surface area (Å²) in [5.41, 5.74) is 5.31. The zero-order chi connectivity index (χ0) is 31.0. The first-order chi connectivity index (χ1) is 21.2. The Balaban J connectivity index is 1.12. The van der Waals surface area contributed by atoms with Crippen molar-refractivity contribution in [1.82, 2.24) is 24.1 Å². The molecule has 1 amide bonds. The number of aliphatic hydroxyl groups is 1. The Morgan fingerprint density at radius 2 is 1.86 bits per heavy atom. The first-order valence-electron chi connectivity index (χ1n) is 15.0. The van der Waals surface area contributed by atoms with Crippen LogP contribution in [0, 0.1) is 0 Å². The fraction of sp³-hybridized carbons (Fsp3) is 0.438. The minimum atomic E-state index is -0.641. The van der Waals surface area contributed by atoms with Gasteiger partial charge in [0, 0.05) is 73.4 Å². The van der Waals surface area contributed by atoms with E-state index in [2.05, 4.69) is 20.8 Å². The van der Waals surface area contributed by atoms with E-state index in [1.165, 1.54) is 0 Å². The Hall–Kier alpha value is -3.74. The molecule has 0 bridgehead atoms. The highest BCUT2D eigenvalue weighted by molar-refractivity contribution is 9.10. The number of esters is 1. The van der Waals surface area contributed by atoms with Crippen molar-refractivity contribution in [3.05, 3.63) is 74.3 Å². The van der Waals surface area contributed by atoms with Gasteiger partial charge in [-0.3, -0.25) is 14.0 Å². The van der Waals surface area contributed by atoms with Gasteiger partial charge in [0.25, 0.3) is 0 Å². The van der Waals surface area contributed by atoms with Gasteiger partial charge in [0.1, 0.15) is 0 Å². The number of hydrogen-bond acceptors (Lipinski definition) is 8. The fourth-order valence-corrected chi connectivity index (χ4v) is 6.65. The van der Waals surface area contributed by atoms with E-state index in [-0.39, 0.29) is 18.6 Å². The minimum absolute atomic E-state index is 0.0404. The standard InChI is InChI=1S/C32H36BrN5O6/c1-3-43-31(41)22-6-9-28-29(16-22)44-32(42)38(28)24-10-13-35(14-11-24)17-25(40)18-37-27-12-15-36(20(2)39)19-26(27)30(34-37)21-4-7-23(33)8-5-21/h4-9,16,24-25,40H,3,10-15,17-19H2,1-2H3. The minimum Gasteiger partial charge on any atom is -0.462 e. The molecule has 2 aliphatic heterocycles. The lowest BCUT2D eigenvalue weighted by Crippen LogP contribution is -2.42. The van der Waals surface area contributed by atoms with Crippen molar-refractivity contribution in [3.63, 3.8) is 0 Å². The molecular formula is C32H36BrN5O6. The molecule has 1 atom stereocenters. The molecule has 232 valence electrons. The molecule has 0 aliphatic carbocycles. The number of ether oxygens (including phenoxy) is 1. The molecule has 4 aromatic rings. The molecule has 2 aromatic carbocycles. The summed E-state index contributed by atoms with van der Waals surface area (Å²) in [6.07, 6.45) is 1.50. The van der Waals surface area contributed by atoms with E-state index in [1.54, 1.807) is 36.6 Å². The van der Waals surface area contributed by atoms with Crippen LogP contribution in [-0.4, -0.2) is 80.0 Å². The van der Waals surface area contributed by atoms with Crippen LogP contribution in [0.25, 0.3) is 22.4 Å². The number of likely N-dealkylation sites (tertiary alicyclic amines) is 1. The number of piperidine rings is 1. The molecule has 2 aromatic heterocycles. The third-order valence-electron chi connectivity index (χ3n) is 8.60. The number of carbonyl (C=O) groups is 2. The van der Waals surface area contributed by atoms with Crippen LogP contribution >= 0.6 is 15.9 Å². The highest BCUT2D eigenvalue weighted by Gasteiger charge is 2.29. The second-order valence-corrected chi connectivity index (χ2v) is 12.4. The molecular weight excluding hydrogens is 630 g/mol. The van der Waals surface area contributed by atoms with E-state index in [1.807, 2.05) is 33.8 Å².